The molecule has 1 aromatic rings. The topological polar surface area (TPSA) is 90.0 Å². The summed E-state index contributed by atoms with van der Waals surface area (Å²) in [4.78, 5) is 22.9. The van der Waals surface area contributed by atoms with Crippen molar-refractivity contribution in [3.05, 3.63) is 17.5 Å². The number of hydrogen-bond acceptors (Lipinski definition) is 3. The van der Waals surface area contributed by atoms with Gasteiger partial charge < -0.3 is 11.1 Å². The van der Waals surface area contributed by atoms with E-state index in [9.17, 15) is 9.59 Å². The van der Waals surface area contributed by atoms with E-state index in [4.69, 9.17) is 5.73 Å². The lowest BCUT2D eigenvalue weighted by Crippen LogP contribution is -2.53. The molecule has 0 spiro atoms. The Bertz CT molecular complexity index is 434. The van der Waals surface area contributed by atoms with Gasteiger partial charge in [0.25, 0.3) is 5.91 Å². The van der Waals surface area contributed by atoms with Crippen LogP contribution in [-0.2, 0) is 11.8 Å². The van der Waals surface area contributed by atoms with Crippen molar-refractivity contribution < 1.29 is 9.59 Å². The van der Waals surface area contributed by atoms with Crippen LogP contribution in [0.15, 0.2) is 6.07 Å². The van der Waals surface area contributed by atoms with Crippen molar-refractivity contribution in [1.82, 2.24) is 15.1 Å². The third-order valence-corrected chi connectivity index (χ3v) is 2.28. The number of hydrogen-bond donors (Lipinski definition) is 2. The molecule has 0 bridgehead atoms. The summed E-state index contributed by atoms with van der Waals surface area (Å²) in [5.74, 6) is -0.952. The van der Waals surface area contributed by atoms with Gasteiger partial charge in [0.05, 0.1) is 5.69 Å². The van der Waals surface area contributed by atoms with Crippen molar-refractivity contribution in [2.45, 2.75) is 26.3 Å². The minimum atomic E-state index is -1.07. The van der Waals surface area contributed by atoms with Gasteiger partial charge in [0, 0.05) is 7.05 Å². The van der Waals surface area contributed by atoms with Crippen LogP contribution in [0.4, 0.5) is 0 Å². The molecule has 0 aliphatic carbocycles. The number of nitrogens with zero attached hydrogens (tertiary/aromatic N) is 2. The SMILES string of the molecule is Cc1cc(C(=O)NC(C)(C)C(N)=O)n(C)n1. The van der Waals surface area contributed by atoms with Crippen molar-refractivity contribution in [3.8, 4) is 0 Å². The van der Waals surface area contributed by atoms with Gasteiger partial charge >= 0.3 is 0 Å². The van der Waals surface area contributed by atoms with E-state index in [0.717, 1.165) is 5.69 Å². The van der Waals surface area contributed by atoms with Crippen molar-refractivity contribution >= 4 is 11.8 Å². The zero-order chi connectivity index (χ0) is 12.5. The predicted molar refractivity (Wildman–Crippen MR) is 58.7 cm³/mol. The van der Waals surface area contributed by atoms with Crippen LogP contribution in [0.2, 0.25) is 0 Å². The minimum Gasteiger partial charge on any atom is -0.368 e. The summed E-state index contributed by atoms with van der Waals surface area (Å²) < 4.78 is 1.46. The Morgan fingerprint density at radius 2 is 2.06 bits per heavy atom. The molecule has 0 aliphatic heterocycles. The zero-order valence-electron chi connectivity index (χ0n) is 9.87. The molecule has 3 N–H and O–H groups in total. The molecule has 16 heavy (non-hydrogen) atoms. The van der Waals surface area contributed by atoms with Crippen LogP contribution >= 0.6 is 0 Å². The molecule has 1 heterocycles. The molecule has 0 unspecified atom stereocenters. The standard InChI is InChI=1S/C10H16N4O2/c1-6-5-7(14(4)13-6)8(15)12-10(2,3)9(11)16/h5H,1-4H3,(H2,11,16)(H,12,15). The van der Waals surface area contributed by atoms with Crippen molar-refractivity contribution in [3.63, 3.8) is 0 Å². The summed E-state index contributed by atoms with van der Waals surface area (Å²) in [6, 6.07) is 1.65. The highest BCUT2D eigenvalue weighted by atomic mass is 16.2. The van der Waals surface area contributed by atoms with Gasteiger partial charge in [-0.1, -0.05) is 0 Å². The molecule has 0 fully saturated rings. The molecule has 1 rings (SSSR count). The molecule has 0 atom stereocenters. The fourth-order valence-corrected chi connectivity index (χ4v) is 1.23. The fraction of sp³-hybridized carbons (Fsp3) is 0.500. The fourth-order valence-electron chi connectivity index (χ4n) is 1.23. The summed E-state index contributed by atoms with van der Waals surface area (Å²) in [7, 11) is 1.67. The third kappa shape index (κ3) is 2.39. The molecule has 88 valence electrons. The van der Waals surface area contributed by atoms with Crippen LogP contribution in [0.1, 0.15) is 30.0 Å². The monoisotopic (exact) mass is 224 g/mol. The Morgan fingerprint density at radius 1 is 1.50 bits per heavy atom. The average molecular weight is 224 g/mol. The van der Waals surface area contributed by atoms with E-state index in [0.29, 0.717) is 5.69 Å². The summed E-state index contributed by atoms with van der Waals surface area (Å²) in [5, 5.41) is 6.60. The van der Waals surface area contributed by atoms with Gasteiger partial charge in [-0.2, -0.15) is 5.10 Å². The van der Waals surface area contributed by atoms with E-state index in [1.54, 1.807) is 33.9 Å². The minimum absolute atomic E-state index is 0.369. The van der Waals surface area contributed by atoms with Gasteiger partial charge in [-0.15, -0.1) is 0 Å². The van der Waals surface area contributed by atoms with Gasteiger partial charge in [0.1, 0.15) is 11.2 Å². The van der Waals surface area contributed by atoms with Crippen LogP contribution < -0.4 is 11.1 Å². The normalized spacial score (nSPS) is 11.2. The molecule has 0 aromatic carbocycles. The van der Waals surface area contributed by atoms with Crippen molar-refractivity contribution in [1.29, 1.82) is 0 Å². The molecular formula is C10H16N4O2. The quantitative estimate of drug-likeness (QED) is 0.740. The highest BCUT2D eigenvalue weighted by molar-refractivity contribution is 5.97. The lowest BCUT2D eigenvalue weighted by Gasteiger charge is -2.21. The number of carbonyl (C=O) groups excluding carboxylic acids is 2. The summed E-state index contributed by atoms with van der Waals surface area (Å²) in [5.41, 5.74) is 5.23. The Balaban J connectivity index is 2.89. The van der Waals surface area contributed by atoms with E-state index in [1.807, 2.05) is 0 Å². The van der Waals surface area contributed by atoms with Crippen LogP contribution in [0.3, 0.4) is 0 Å². The van der Waals surface area contributed by atoms with Crippen LogP contribution in [0.25, 0.3) is 0 Å². The number of aromatic nitrogens is 2. The van der Waals surface area contributed by atoms with E-state index in [-0.39, 0.29) is 5.91 Å². The molecule has 1 aromatic heterocycles. The number of amides is 2. The number of carbonyl (C=O) groups is 2. The summed E-state index contributed by atoms with van der Waals surface area (Å²) >= 11 is 0. The molecule has 6 nitrogen and oxygen atoms in total. The van der Waals surface area contributed by atoms with E-state index in [1.165, 1.54) is 4.68 Å². The van der Waals surface area contributed by atoms with E-state index < -0.39 is 11.4 Å². The molecule has 0 saturated heterocycles. The number of nitrogens with one attached hydrogen (secondary N) is 1. The molecular weight excluding hydrogens is 208 g/mol. The Morgan fingerprint density at radius 3 is 2.44 bits per heavy atom. The first-order chi connectivity index (χ1) is 7.24. The molecule has 0 aliphatic rings. The van der Waals surface area contributed by atoms with Crippen molar-refractivity contribution in [2.75, 3.05) is 0 Å². The van der Waals surface area contributed by atoms with E-state index >= 15 is 0 Å². The third-order valence-electron chi connectivity index (χ3n) is 2.28. The first kappa shape index (κ1) is 12.2. The van der Waals surface area contributed by atoms with E-state index in [2.05, 4.69) is 10.4 Å². The maximum Gasteiger partial charge on any atom is 0.270 e. The maximum absolute atomic E-state index is 11.8. The summed E-state index contributed by atoms with van der Waals surface area (Å²) in [6.07, 6.45) is 0. The van der Waals surface area contributed by atoms with Gasteiger partial charge in [-0.05, 0) is 26.8 Å². The lowest BCUT2D eigenvalue weighted by atomic mass is 10.1. The van der Waals surface area contributed by atoms with Gasteiger partial charge in [0.15, 0.2) is 0 Å². The highest BCUT2D eigenvalue weighted by Crippen LogP contribution is 2.06. The first-order valence-corrected chi connectivity index (χ1v) is 4.87. The second-order valence-corrected chi connectivity index (χ2v) is 4.24. The number of rotatable bonds is 3. The lowest BCUT2D eigenvalue weighted by molar-refractivity contribution is -0.122. The van der Waals surface area contributed by atoms with Gasteiger partial charge in [-0.25, -0.2) is 0 Å². The van der Waals surface area contributed by atoms with Gasteiger partial charge in [-0.3, -0.25) is 14.3 Å². The number of aryl methyl sites for hydroxylation is 2. The van der Waals surface area contributed by atoms with Crippen molar-refractivity contribution in [2.24, 2.45) is 12.8 Å². The number of primary amides is 1. The Kier molecular flexibility index (Phi) is 3.02. The second-order valence-electron chi connectivity index (χ2n) is 4.24. The smallest absolute Gasteiger partial charge is 0.270 e. The van der Waals surface area contributed by atoms with Gasteiger partial charge in [0.2, 0.25) is 5.91 Å². The molecule has 0 radical (unpaired) electrons. The molecule has 6 heteroatoms. The Hall–Kier alpha value is -1.85. The Labute approximate surface area is 93.8 Å². The average Bonchev–Trinajstić information content (AvgIpc) is 2.44. The molecule has 2 amide bonds. The summed E-state index contributed by atoms with van der Waals surface area (Å²) in [6.45, 7) is 4.89. The second kappa shape index (κ2) is 3.96. The van der Waals surface area contributed by atoms with Crippen LogP contribution in [0.5, 0.6) is 0 Å². The molecule has 0 saturated carbocycles. The number of nitrogens with two attached hydrogens (primary N) is 1. The predicted octanol–water partition coefficient (Wildman–Crippen LogP) is -0.278. The maximum atomic E-state index is 11.8. The highest BCUT2D eigenvalue weighted by Gasteiger charge is 2.28. The van der Waals surface area contributed by atoms with Crippen LogP contribution in [-0.4, -0.2) is 27.1 Å². The van der Waals surface area contributed by atoms with Crippen LogP contribution in [0, 0.1) is 6.92 Å². The zero-order valence-corrected chi connectivity index (χ0v) is 9.87. The first-order valence-electron chi connectivity index (χ1n) is 4.87. The largest absolute Gasteiger partial charge is 0.368 e.